The molecule has 2 rings (SSSR count). The molecule has 0 radical (unpaired) electrons. The Kier molecular flexibility index (Phi) is 6.55. The zero-order chi connectivity index (χ0) is 17.4. The highest BCUT2D eigenvalue weighted by molar-refractivity contribution is 5.84. The minimum Gasteiger partial charge on any atom is -0.447 e. The van der Waals surface area contributed by atoms with E-state index in [-0.39, 0.29) is 11.9 Å². The van der Waals surface area contributed by atoms with Crippen molar-refractivity contribution >= 4 is 11.9 Å². The summed E-state index contributed by atoms with van der Waals surface area (Å²) in [6.07, 6.45) is 0.784. The molecule has 4 heteroatoms. The van der Waals surface area contributed by atoms with Crippen molar-refractivity contribution < 1.29 is 14.3 Å². The maximum atomic E-state index is 12.5. The van der Waals surface area contributed by atoms with Crippen LogP contribution in [0.4, 0.5) is 0 Å². The lowest BCUT2D eigenvalue weighted by molar-refractivity contribution is -0.154. The fourth-order valence-electron chi connectivity index (χ4n) is 2.49. The zero-order valence-electron chi connectivity index (χ0n) is 14.1. The van der Waals surface area contributed by atoms with Crippen molar-refractivity contribution in [1.82, 2.24) is 5.32 Å². The Morgan fingerprint density at radius 1 is 1.00 bits per heavy atom. The average Bonchev–Trinajstić information content (AvgIpc) is 2.59. The van der Waals surface area contributed by atoms with Gasteiger partial charge in [0.2, 0.25) is 6.10 Å². The van der Waals surface area contributed by atoms with Crippen molar-refractivity contribution in [3.05, 3.63) is 71.8 Å². The molecule has 1 amide bonds. The van der Waals surface area contributed by atoms with E-state index in [0.29, 0.717) is 5.56 Å². The molecule has 126 valence electrons. The Morgan fingerprint density at radius 2 is 1.58 bits per heavy atom. The Hall–Kier alpha value is -2.62. The molecule has 24 heavy (non-hydrogen) atoms. The Morgan fingerprint density at radius 3 is 2.17 bits per heavy atom. The Bertz CT molecular complexity index is 655. The summed E-state index contributed by atoms with van der Waals surface area (Å²) in [6.45, 7) is 3.26. The second-order valence-corrected chi connectivity index (χ2v) is 5.83. The number of nitrogens with one attached hydrogen (secondary N) is 1. The number of carbonyl (C=O) groups is 2. The molecule has 0 saturated heterocycles. The van der Waals surface area contributed by atoms with Crippen LogP contribution in [0.15, 0.2) is 60.7 Å². The summed E-state index contributed by atoms with van der Waals surface area (Å²) in [6, 6.07) is 19.2. The van der Waals surface area contributed by atoms with E-state index in [0.717, 1.165) is 12.8 Å². The van der Waals surface area contributed by atoms with Crippen molar-refractivity contribution in [3.63, 3.8) is 0 Å². The number of carbonyl (C=O) groups excluding carboxylic acids is 2. The third kappa shape index (κ3) is 5.54. The number of amides is 1. The van der Waals surface area contributed by atoms with Crippen LogP contribution < -0.4 is 5.32 Å². The smallest absolute Gasteiger partial charge is 0.303 e. The van der Waals surface area contributed by atoms with Gasteiger partial charge in [0.05, 0.1) is 0 Å². The number of benzene rings is 2. The first kappa shape index (κ1) is 17.7. The minimum atomic E-state index is -0.914. The first-order chi connectivity index (χ1) is 11.6. The van der Waals surface area contributed by atoms with Gasteiger partial charge in [0, 0.05) is 18.5 Å². The third-order valence-corrected chi connectivity index (χ3v) is 3.72. The molecular formula is C20H23NO3. The van der Waals surface area contributed by atoms with Crippen LogP contribution in [0.3, 0.4) is 0 Å². The molecule has 2 atom stereocenters. The fourth-order valence-corrected chi connectivity index (χ4v) is 2.49. The van der Waals surface area contributed by atoms with Gasteiger partial charge in [0.15, 0.2) is 0 Å². The average molecular weight is 325 g/mol. The SMILES string of the molecule is CC(=O)O[C@H](C(=O)N[C@H](C)CCc1ccccc1)c1ccccc1. The van der Waals surface area contributed by atoms with Crippen LogP contribution in [0.1, 0.15) is 37.5 Å². The Labute approximate surface area is 142 Å². The van der Waals surface area contributed by atoms with E-state index < -0.39 is 12.1 Å². The molecule has 0 aliphatic carbocycles. The molecule has 0 aliphatic heterocycles. The summed E-state index contributed by atoms with van der Waals surface area (Å²) >= 11 is 0. The number of hydrogen-bond acceptors (Lipinski definition) is 3. The normalized spacial score (nSPS) is 12.9. The third-order valence-electron chi connectivity index (χ3n) is 3.72. The topological polar surface area (TPSA) is 55.4 Å². The molecule has 0 spiro atoms. The van der Waals surface area contributed by atoms with Gasteiger partial charge >= 0.3 is 5.97 Å². The number of rotatable bonds is 7. The van der Waals surface area contributed by atoms with E-state index in [4.69, 9.17) is 4.74 Å². The highest BCUT2D eigenvalue weighted by Crippen LogP contribution is 2.18. The lowest BCUT2D eigenvalue weighted by Crippen LogP contribution is -2.38. The first-order valence-corrected chi connectivity index (χ1v) is 8.12. The van der Waals surface area contributed by atoms with Gasteiger partial charge < -0.3 is 10.1 Å². The molecule has 4 nitrogen and oxygen atoms in total. The summed E-state index contributed by atoms with van der Waals surface area (Å²) in [4.78, 5) is 23.8. The predicted molar refractivity (Wildman–Crippen MR) is 93.3 cm³/mol. The van der Waals surface area contributed by atoms with Crippen LogP contribution in [-0.4, -0.2) is 17.9 Å². The largest absolute Gasteiger partial charge is 0.447 e. The Balaban J connectivity index is 1.95. The number of esters is 1. The van der Waals surface area contributed by atoms with Gasteiger partial charge in [-0.05, 0) is 25.3 Å². The van der Waals surface area contributed by atoms with Crippen molar-refractivity contribution in [1.29, 1.82) is 0 Å². The molecule has 0 aromatic heterocycles. The van der Waals surface area contributed by atoms with Crippen molar-refractivity contribution in [3.8, 4) is 0 Å². The van der Waals surface area contributed by atoms with Crippen LogP contribution in [0.2, 0.25) is 0 Å². The van der Waals surface area contributed by atoms with Crippen molar-refractivity contribution in [2.24, 2.45) is 0 Å². The first-order valence-electron chi connectivity index (χ1n) is 8.12. The van der Waals surface area contributed by atoms with Crippen LogP contribution >= 0.6 is 0 Å². The lowest BCUT2D eigenvalue weighted by Gasteiger charge is -2.20. The molecule has 0 aliphatic rings. The van der Waals surface area contributed by atoms with E-state index in [2.05, 4.69) is 17.4 Å². The molecule has 0 fully saturated rings. The second kappa shape index (κ2) is 8.87. The summed E-state index contributed by atoms with van der Waals surface area (Å²) in [5, 5.41) is 2.94. The minimum absolute atomic E-state index is 0.0144. The maximum Gasteiger partial charge on any atom is 0.303 e. The monoisotopic (exact) mass is 325 g/mol. The summed E-state index contributed by atoms with van der Waals surface area (Å²) in [7, 11) is 0. The van der Waals surface area contributed by atoms with E-state index in [1.807, 2.05) is 43.3 Å². The molecule has 2 aromatic carbocycles. The van der Waals surface area contributed by atoms with Gasteiger partial charge in [-0.25, -0.2) is 0 Å². The molecule has 0 bridgehead atoms. The maximum absolute atomic E-state index is 12.5. The van der Waals surface area contributed by atoms with Crippen LogP contribution in [-0.2, 0) is 20.7 Å². The van der Waals surface area contributed by atoms with E-state index in [1.54, 1.807) is 12.1 Å². The van der Waals surface area contributed by atoms with Gasteiger partial charge in [0.1, 0.15) is 0 Å². The van der Waals surface area contributed by atoms with Crippen LogP contribution in [0, 0.1) is 0 Å². The van der Waals surface area contributed by atoms with E-state index in [9.17, 15) is 9.59 Å². The van der Waals surface area contributed by atoms with E-state index >= 15 is 0 Å². The highest BCUT2D eigenvalue weighted by atomic mass is 16.5. The summed E-state index contributed by atoms with van der Waals surface area (Å²) in [5.41, 5.74) is 1.90. The number of aryl methyl sites for hydroxylation is 1. The predicted octanol–water partition coefficient (Wildman–Crippen LogP) is 3.43. The highest BCUT2D eigenvalue weighted by Gasteiger charge is 2.24. The van der Waals surface area contributed by atoms with Gasteiger partial charge in [-0.1, -0.05) is 60.7 Å². The number of hydrogen-bond donors (Lipinski definition) is 1. The van der Waals surface area contributed by atoms with Crippen LogP contribution in [0.5, 0.6) is 0 Å². The zero-order valence-corrected chi connectivity index (χ0v) is 14.1. The summed E-state index contributed by atoms with van der Waals surface area (Å²) in [5.74, 6) is -0.770. The van der Waals surface area contributed by atoms with Gasteiger partial charge in [-0.3, -0.25) is 9.59 Å². The van der Waals surface area contributed by atoms with Gasteiger partial charge in [-0.15, -0.1) is 0 Å². The molecule has 0 saturated carbocycles. The molecule has 0 heterocycles. The van der Waals surface area contributed by atoms with Crippen molar-refractivity contribution in [2.75, 3.05) is 0 Å². The van der Waals surface area contributed by atoms with Gasteiger partial charge in [-0.2, -0.15) is 0 Å². The standard InChI is InChI=1S/C20H23NO3/c1-15(13-14-17-9-5-3-6-10-17)21-20(23)19(24-16(2)22)18-11-7-4-8-12-18/h3-12,15,19H,13-14H2,1-2H3,(H,21,23)/t15-,19+/m1/s1. The fraction of sp³-hybridized carbons (Fsp3) is 0.300. The van der Waals surface area contributed by atoms with Crippen molar-refractivity contribution in [2.45, 2.75) is 38.8 Å². The molecule has 2 aromatic rings. The van der Waals surface area contributed by atoms with E-state index in [1.165, 1.54) is 12.5 Å². The molecular weight excluding hydrogens is 302 g/mol. The lowest BCUT2D eigenvalue weighted by atomic mass is 10.0. The summed E-state index contributed by atoms with van der Waals surface area (Å²) < 4.78 is 5.21. The number of ether oxygens (including phenoxy) is 1. The quantitative estimate of drug-likeness (QED) is 0.794. The molecule has 0 unspecified atom stereocenters. The second-order valence-electron chi connectivity index (χ2n) is 5.83. The molecule has 1 N–H and O–H groups in total. The van der Waals surface area contributed by atoms with Gasteiger partial charge in [0.25, 0.3) is 5.91 Å². The van der Waals surface area contributed by atoms with Crippen LogP contribution in [0.25, 0.3) is 0 Å².